The van der Waals surface area contributed by atoms with Gasteiger partial charge >= 0.3 is 0 Å². The Kier molecular flexibility index (Phi) is 6.23. The van der Waals surface area contributed by atoms with Gasteiger partial charge in [0, 0.05) is 29.2 Å². The number of amides is 2. The number of imide groups is 1. The Balaban J connectivity index is 1.74. The highest BCUT2D eigenvalue weighted by atomic mass is 32.1. The van der Waals surface area contributed by atoms with Gasteiger partial charge in [-0.3, -0.25) is 14.9 Å². The van der Waals surface area contributed by atoms with E-state index in [0.29, 0.717) is 18.5 Å². The van der Waals surface area contributed by atoms with Gasteiger partial charge in [-0.25, -0.2) is 0 Å². The van der Waals surface area contributed by atoms with Gasteiger partial charge in [0.1, 0.15) is 0 Å². The molecule has 0 bridgehead atoms. The van der Waals surface area contributed by atoms with E-state index in [4.69, 9.17) is 18.0 Å². The standard InChI is InChI=1S/C24H25N5O2S/c25-23(32)26-13-7-12-24(29-17-10-5-2-6-11-17)15-19-18(21(30)28-22(19)31)14-20(24)27-16-8-3-1-4-9-16/h1-6,8-11,14-15,18,27,29H,7,12-13H2,(H3,25,26,32)(H,28,30,31). The number of carbonyl (C=O) groups is 2. The van der Waals surface area contributed by atoms with Gasteiger partial charge in [0.25, 0.3) is 5.91 Å². The Hall–Kier alpha value is -3.65. The predicted octanol–water partition coefficient (Wildman–Crippen LogP) is 2.66. The van der Waals surface area contributed by atoms with Gasteiger partial charge in [0.15, 0.2) is 5.11 Å². The van der Waals surface area contributed by atoms with E-state index in [0.717, 1.165) is 23.5 Å². The summed E-state index contributed by atoms with van der Waals surface area (Å²) in [5.41, 5.74) is 7.89. The van der Waals surface area contributed by atoms with Crippen molar-refractivity contribution in [2.24, 2.45) is 11.7 Å². The molecule has 0 aromatic heterocycles. The Morgan fingerprint density at radius 2 is 1.69 bits per heavy atom. The molecule has 1 aliphatic carbocycles. The van der Waals surface area contributed by atoms with Gasteiger partial charge in [0.2, 0.25) is 5.91 Å². The molecule has 2 aliphatic rings. The first-order valence-electron chi connectivity index (χ1n) is 10.5. The van der Waals surface area contributed by atoms with E-state index < -0.39 is 11.5 Å². The maximum atomic E-state index is 12.5. The van der Waals surface area contributed by atoms with Crippen molar-refractivity contribution in [1.82, 2.24) is 10.6 Å². The molecule has 4 rings (SSSR count). The van der Waals surface area contributed by atoms with Crippen LogP contribution in [0.15, 0.2) is 84.1 Å². The molecule has 2 unspecified atom stereocenters. The fourth-order valence-corrected chi connectivity index (χ4v) is 4.19. The minimum Gasteiger partial charge on any atom is -0.376 e. The molecular weight excluding hydrogens is 422 g/mol. The maximum Gasteiger partial charge on any atom is 0.254 e. The van der Waals surface area contributed by atoms with Crippen molar-refractivity contribution in [3.63, 3.8) is 0 Å². The number of rotatable bonds is 8. The first-order chi connectivity index (χ1) is 15.5. The van der Waals surface area contributed by atoms with Crippen molar-refractivity contribution in [2.45, 2.75) is 18.4 Å². The molecule has 32 heavy (non-hydrogen) atoms. The summed E-state index contributed by atoms with van der Waals surface area (Å²) in [6.45, 7) is 0.587. The van der Waals surface area contributed by atoms with Crippen molar-refractivity contribution in [2.75, 3.05) is 17.2 Å². The monoisotopic (exact) mass is 447 g/mol. The largest absolute Gasteiger partial charge is 0.376 e. The molecule has 8 heteroatoms. The smallest absolute Gasteiger partial charge is 0.254 e. The second-order valence-electron chi connectivity index (χ2n) is 7.82. The summed E-state index contributed by atoms with van der Waals surface area (Å²) in [6, 6.07) is 19.5. The molecule has 2 aromatic carbocycles. The molecule has 0 radical (unpaired) electrons. The van der Waals surface area contributed by atoms with Crippen LogP contribution in [0.3, 0.4) is 0 Å². The first kappa shape index (κ1) is 21.6. The van der Waals surface area contributed by atoms with Crippen LogP contribution in [0.25, 0.3) is 0 Å². The van der Waals surface area contributed by atoms with Crippen molar-refractivity contribution < 1.29 is 9.59 Å². The number of anilines is 2. The SMILES string of the molecule is NC(=S)NCCCC1(Nc2ccccc2)C=C2C(=O)NC(=O)C2C=C1Nc1ccccc1. The van der Waals surface area contributed by atoms with Crippen LogP contribution in [0.4, 0.5) is 11.4 Å². The molecule has 1 heterocycles. The molecule has 1 saturated heterocycles. The maximum absolute atomic E-state index is 12.5. The number of hydrogen-bond donors (Lipinski definition) is 5. The molecule has 1 aliphatic heterocycles. The molecule has 2 atom stereocenters. The van der Waals surface area contributed by atoms with E-state index in [9.17, 15) is 9.59 Å². The zero-order chi connectivity index (χ0) is 22.6. The first-order valence-corrected chi connectivity index (χ1v) is 10.9. The highest BCUT2D eigenvalue weighted by Crippen LogP contribution is 2.39. The minimum atomic E-state index is -0.747. The van der Waals surface area contributed by atoms with Gasteiger partial charge in [-0.15, -0.1) is 0 Å². The van der Waals surface area contributed by atoms with E-state index in [-0.39, 0.29) is 16.9 Å². The number of benzene rings is 2. The third-order valence-electron chi connectivity index (χ3n) is 5.57. The molecule has 164 valence electrons. The van der Waals surface area contributed by atoms with Crippen LogP contribution >= 0.6 is 12.2 Å². The summed E-state index contributed by atoms with van der Waals surface area (Å²) < 4.78 is 0. The molecule has 2 amide bonds. The van der Waals surface area contributed by atoms with E-state index in [2.05, 4.69) is 21.3 Å². The lowest BCUT2D eigenvalue weighted by Gasteiger charge is -2.39. The van der Waals surface area contributed by atoms with Gasteiger partial charge in [-0.05, 0) is 61.5 Å². The normalized spacial score (nSPS) is 21.7. The summed E-state index contributed by atoms with van der Waals surface area (Å²) in [4.78, 5) is 24.9. The van der Waals surface area contributed by atoms with Crippen LogP contribution in [0.1, 0.15) is 12.8 Å². The van der Waals surface area contributed by atoms with E-state index >= 15 is 0 Å². The average Bonchev–Trinajstić information content (AvgIpc) is 3.05. The summed E-state index contributed by atoms with van der Waals surface area (Å²) in [5, 5.41) is 12.8. The Morgan fingerprint density at radius 3 is 2.34 bits per heavy atom. The number of thiocarbonyl (C=S) groups is 1. The van der Waals surface area contributed by atoms with Crippen molar-refractivity contribution in [3.05, 3.63) is 84.1 Å². The van der Waals surface area contributed by atoms with Gasteiger partial charge in [0.05, 0.1) is 11.5 Å². The van der Waals surface area contributed by atoms with Crippen LogP contribution in [0.5, 0.6) is 0 Å². The highest BCUT2D eigenvalue weighted by Gasteiger charge is 2.45. The van der Waals surface area contributed by atoms with Crippen LogP contribution in [0.2, 0.25) is 0 Å². The Bertz CT molecular complexity index is 1080. The predicted molar refractivity (Wildman–Crippen MR) is 130 cm³/mol. The lowest BCUT2D eigenvalue weighted by Crippen LogP contribution is -2.45. The zero-order valence-electron chi connectivity index (χ0n) is 17.4. The number of para-hydroxylation sites is 2. The van der Waals surface area contributed by atoms with E-state index in [1.165, 1.54) is 0 Å². The average molecular weight is 448 g/mol. The van der Waals surface area contributed by atoms with Crippen molar-refractivity contribution in [1.29, 1.82) is 0 Å². The van der Waals surface area contributed by atoms with Crippen molar-refractivity contribution >= 4 is 40.5 Å². The van der Waals surface area contributed by atoms with Crippen LogP contribution in [0, 0.1) is 5.92 Å². The minimum absolute atomic E-state index is 0.246. The molecule has 6 N–H and O–H groups in total. The summed E-state index contributed by atoms with van der Waals surface area (Å²) in [6.07, 6.45) is 5.08. The number of nitrogens with one attached hydrogen (secondary N) is 4. The van der Waals surface area contributed by atoms with Crippen LogP contribution in [-0.2, 0) is 9.59 Å². The van der Waals surface area contributed by atoms with Crippen LogP contribution in [-0.4, -0.2) is 29.0 Å². The third kappa shape index (κ3) is 4.65. The lowest BCUT2D eigenvalue weighted by molar-refractivity contribution is -0.125. The molecule has 2 aromatic rings. The third-order valence-corrected chi connectivity index (χ3v) is 5.72. The van der Waals surface area contributed by atoms with E-state index in [1.54, 1.807) is 0 Å². The highest BCUT2D eigenvalue weighted by molar-refractivity contribution is 7.80. The molecule has 7 nitrogen and oxygen atoms in total. The summed E-state index contributed by atoms with van der Waals surface area (Å²) >= 11 is 4.92. The fraction of sp³-hybridized carbons (Fsp3) is 0.208. The fourth-order valence-electron chi connectivity index (χ4n) is 4.08. The number of hydrogen-bond acceptors (Lipinski definition) is 5. The van der Waals surface area contributed by atoms with Crippen molar-refractivity contribution in [3.8, 4) is 0 Å². The van der Waals surface area contributed by atoms with E-state index in [1.807, 2.05) is 72.8 Å². The Labute approximate surface area is 192 Å². The summed E-state index contributed by atoms with van der Waals surface area (Å²) in [7, 11) is 0. The molecule has 0 saturated carbocycles. The topological polar surface area (TPSA) is 108 Å². The molecular formula is C24H25N5O2S. The summed E-state index contributed by atoms with van der Waals surface area (Å²) in [5.74, 6) is -1.28. The number of nitrogens with two attached hydrogens (primary N) is 1. The van der Waals surface area contributed by atoms with Gasteiger partial charge < -0.3 is 21.7 Å². The van der Waals surface area contributed by atoms with Gasteiger partial charge in [-0.2, -0.15) is 0 Å². The molecule has 0 spiro atoms. The number of fused-ring (bicyclic) bond motifs is 1. The molecule has 1 fully saturated rings. The second kappa shape index (κ2) is 9.23. The van der Waals surface area contributed by atoms with Gasteiger partial charge in [-0.1, -0.05) is 36.4 Å². The number of carbonyl (C=O) groups excluding carboxylic acids is 2. The Morgan fingerprint density at radius 1 is 1.03 bits per heavy atom. The second-order valence-corrected chi connectivity index (χ2v) is 8.26. The lowest BCUT2D eigenvalue weighted by atomic mass is 9.78. The zero-order valence-corrected chi connectivity index (χ0v) is 18.2. The van der Waals surface area contributed by atoms with Crippen LogP contribution < -0.4 is 27.0 Å². The quantitative estimate of drug-likeness (QED) is 0.241.